The fourth-order valence-corrected chi connectivity index (χ4v) is 1.48. The van der Waals surface area contributed by atoms with E-state index < -0.39 is 0 Å². The van der Waals surface area contributed by atoms with E-state index in [4.69, 9.17) is 11.6 Å². The molecule has 5 heteroatoms. The normalized spacial score (nSPS) is 10.2. The maximum atomic E-state index is 11.9. The highest BCUT2D eigenvalue weighted by molar-refractivity contribution is 6.29. The summed E-state index contributed by atoms with van der Waals surface area (Å²) < 4.78 is 0. The van der Waals surface area contributed by atoms with Crippen LogP contribution < -0.4 is 5.32 Å². The van der Waals surface area contributed by atoms with Gasteiger partial charge in [-0.05, 0) is 32.1 Å². The third-order valence-electron chi connectivity index (χ3n) is 2.20. The number of nitrogens with zero attached hydrogens (tertiary/aromatic N) is 2. The molecule has 1 N–H and O–H groups in total. The van der Waals surface area contributed by atoms with Gasteiger partial charge < -0.3 is 10.2 Å². The molecule has 1 heterocycles. The van der Waals surface area contributed by atoms with E-state index in [1.165, 1.54) is 0 Å². The molecule has 0 bridgehead atoms. The fourth-order valence-electron chi connectivity index (χ4n) is 1.32. The average Bonchev–Trinajstić information content (AvgIpc) is 2.28. The predicted molar refractivity (Wildman–Crippen MR) is 64.8 cm³/mol. The molecule has 0 aliphatic heterocycles. The number of carbonyl (C=O) groups is 1. The lowest BCUT2D eigenvalue weighted by molar-refractivity contribution is 0.0788. The molecule has 1 amide bonds. The number of aromatic nitrogens is 1. The first-order valence-electron chi connectivity index (χ1n) is 5.17. The van der Waals surface area contributed by atoms with E-state index in [2.05, 4.69) is 10.3 Å². The minimum Gasteiger partial charge on any atom is -0.340 e. The molecule has 1 rings (SSSR count). The number of nitrogens with one attached hydrogen (secondary N) is 1. The number of pyridine rings is 1. The van der Waals surface area contributed by atoms with Crippen molar-refractivity contribution < 1.29 is 4.79 Å². The van der Waals surface area contributed by atoms with Gasteiger partial charge in [0, 0.05) is 13.6 Å². The molecule has 16 heavy (non-hydrogen) atoms. The van der Waals surface area contributed by atoms with E-state index in [9.17, 15) is 4.79 Å². The Balaban J connectivity index is 2.56. The van der Waals surface area contributed by atoms with Crippen LogP contribution in [0, 0.1) is 0 Å². The quantitative estimate of drug-likeness (QED) is 0.627. The van der Waals surface area contributed by atoms with E-state index in [-0.39, 0.29) is 5.91 Å². The zero-order valence-electron chi connectivity index (χ0n) is 9.53. The first kappa shape index (κ1) is 12.9. The molecule has 0 aliphatic rings. The van der Waals surface area contributed by atoms with Gasteiger partial charge in [-0.1, -0.05) is 17.7 Å². The van der Waals surface area contributed by atoms with Gasteiger partial charge in [-0.3, -0.25) is 4.79 Å². The summed E-state index contributed by atoms with van der Waals surface area (Å²) in [7, 11) is 3.65. The van der Waals surface area contributed by atoms with Gasteiger partial charge in [-0.25, -0.2) is 4.98 Å². The summed E-state index contributed by atoms with van der Waals surface area (Å²) >= 11 is 5.73. The standard InChI is InChI=1S/C11H16ClN3O/c1-13-7-4-8-15(2)11(16)9-5-3-6-10(12)14-9/h3,5-6,13H,4,7-8H2,1-2H3. The van der Waals surface area contributed by atoms with Gasteiger partial charge in [0.15, 0.2) is 0 Å². The number of carbonyl (C=O) groups excluding carboxylic acids is 1. The third-order valence-corrected chi connectivity index (χ3v) is 2.41. The highest BCUT2D eigenvalue weighted by Gasteiger charge is 2.12. The molecule has 1 aromatic heterocycles. The fraction of sp³-hybridized carbons (Fsp3) is 0.455. The van der Waals surface area contributed by atoms with Crippen molar-refractivity contribution in [2.24, 2.45) is 0 Å². The molecular formula is C11H16ClN3O. The smallest absolute Gasteiger partial charge is 0.272 e. The Morgan fingerprint density at radius 2 is 2.31 bits per heavy atom. The van der Waals surface area contributed by atoms with Crippen LogP contribution in [0.5, 0.6) is 0 Å². The second-order valence-corrected chi connectivity index (χ2v) is 3.92. The van der Waals surface area contributed by atoms with Crippen molar-refractivity contribution >= 4 is 17.5 Å². The Kier molecular flexibility index (Phi) is 5.22. The maximum absolute atomic E-state index is 11.9. The lowest BCUT2D eigenvalue weighted by atomic mass is 10.3. The zero-order chi connectivity index (χ0) is 12.0. The largest absolute Gasteiger partial charge is 0.340 e. The topological polar surface area (TPSA) is 45.2 Å². The van der Waals surface area contributed by atoms with E-state index in [1.54, 1.807) is 30.1 Å². The number of hydrogen-bond acceptors (Lipinski definition) is 3. The molecule has 0 unspecified atom stereocenters. The molecular weight excluding hydrogens is 226 g/mol. The molecule has 0 saturated heterocycles. The molecule has 0 atom stereocenters. The summed E-state index contributed by atoms with van der Waals surface area (Å²) in [6.45, 7) is 1.59. The molecule has 4 nitrogen and oxygen atoms in total. The minimum absolute atomic E-state index is 0.0985. The Morgan fingerprint density at radius 3 is 2.94 bits per heavy atom. The Morgan fingerprint density at radius 1 is 1.56 bits per heavy atom. The molecule has 1 aromatic rings. The minimum atomic E-state index is -0.0985. The Bertz CT molecular complexity index is 357. The Hall–Kier alpha value is -1.13. The van der Waals surface area contributed by atoms with Crippen molar-refractivity contribution in [1.82, 2.24) is 15.2 Å². The maximum Gasteiger partial charge on any atom is 0.272 e. The summed E-state index contributed by atoms with van der Waals surface area (Å²) in [4.78, 5) is 17.5. The van der Waals surface area contributed by atoms with Crippen molar-refractivity contribution in [2.45, 2.75) is 6.42 Å². The van der Waals surface area contributed by atoms with Gasteiger partial charge in [0.25, 0.3) is 5.91 Å². The van der Waals surface area contributed by atoms with Gasteiger partial charge in [0.1, 0.15) is 10.8 Å². The van der Waals surface area contributed by atoms with Crippen LogP contribution in [-0.4, -0.2) is 43.0 Å². The second kappa shape index (κ2) is 6.45. The van der Waals surface area contributed by atoms with Crippen LogP contribution in [-0.2, 0) is 0 Å². The summed E-state index contributed by atoms with van der Waals surface area (Å²) in [5.41, 5.74) is 0.388. The van der Waals surface area contributed by atoms with Crippen LogP contribution in [0.2, 0.25) is 5.15 Å². The van der Waals surface area contributed by atoms with Gasteiger partial charge in [-0.15, -0.1) is 0 Å². The molecule has 0 aromatic carbocycles. The predicted octanol–water partition coefficient (Wildman–Crippen LogP) is 1.42. The van der Waals surface area contributed by atoms with Crippen LogP contribution in [0.3, 0.4) is 0 Å². The molecule has 0 fully saturated rings. The summed E-state index contributed by atoms with van der Waals surface area (Å²) in [6, 6.07) is 5.05. The van der Waals surface area contributed by atoms with Crippen molar-refractivity contribution in [3.63, 3.8) is 0 Å². The summed E-state index contributed by atoms with van der Waals surface area (Å²) in [6.07, 6.45) is 0.916. The zero-order valence-corrected chi connectivity index (χ0v) is 10.3. The second-order valence-electron chi connectivity index (χ2n) is 3.53. The van der Waals surface area contributed by atoms with Gasteiger partial charge in [0.05, 0.1) is 0 Å². The molecule has 0 aliphatic carbocycles. The van der Waals surface area contributed by atoms with Crippen LogP contribution >= 0.6 is 11.6 Å². The highest BCUT2D eigenvalue weighted by atomic mass is 35.5. The van der Waals surface area contributed by atoms with Crippen LogP contribution in [0.25, 0.3) is 0 Å². The first-order chi connectivity index (χ1) is 7.65. The van der Waals surface area contributed by atoms with Crippen LogP contribution in [0.4, 0.5) is 0 Å². The van der Waals surface area contributed by atoms with E-state index in [0.29, 0.717) is 17.4 Å². The molecule has 0 radical (unpaired) electrons. The van der Waals surface area contributed by atoms with E-state index in [0.717, 1.165) is 13.0 Å². The third kappa shape index (κ3) is 3.79. The van der Waals surface area contributed by atoms with Gasteiger partial charge >= 0.3 is 0 Å². The van der Waals surface area contributed by atoms with Crippen molar-refractivity contribution in [3.8, 4) is 0 Å². The molecule has 0 saturated carbocycles. The Labute approximate surface area is 101 Å². The van der Waals surface area contributed by atoms with Crippen LogP contribution in [0.1, 0.15) is 16.9 Å². The number of halogens is 1. The van der Waals surface area contributed by atoms with E-state index in [1.807, 2.05) is 7.05 Å². The van der Waals surface area contributed by atoms with Crippen molar-refractivity contribution in [3.05, 3.63) is 29.0 Å². The molecule has 0 spiro atoms. The number of amides is 1. The van der Waals surface area contributed by atoms with Gasteiger partial charge in [-0.2, -0.15) is 0 Å². The molecule has 88 valence electrons. The summed E-state index contributed by atoms with van der Waals surface area (Å²) in [5.74, 6) is -0.0985. The van der Waals surface area contributed by atoms with E-state index >= 15 is 0 Å². The van der Waals surface area contributed by atoms with Crippen molar-refractivity contribution in [2.75, 3.05) is 27.2 Å². The summed E-state index contributed by atoms with van der Waals surface area (Å²) in [5, 5.41) is 3.38. The highest BCUT2D eigenvalue weighted by Crippen LogP contribution is 2.07. The first-order valence-corrected chi connectivity index (χ1v) is 5.55. The van der Waals surface area contributed by atoms with Gasteiger partial charge in [0.2, 0.25) is 0 Å². The lowest BCUT2D eigenvalue weighted by Gasteiger charge is -2.16. The monoisotopic (exact) mass is 241 g/mol. The number of hydrogen-bond donors (Lipinski definition) is 1. The van der Waals surface area contributed by atoms with Crippen molar-refractivity contribution in [1.29, 1.82) is 0 Å². The average molecular weight is 242 g/mol. The lowest BCUT2D eigenvalue weighted by Crippen LogP contribution is -2.30. The van der Waals surface area contributed by atoms with Crippen LogP contribution in [0.15, 0.2) is 18.2 Å². The number of rotatable bonds is 5. The SMILES string of the molecule is CNCCCN(C)C(=O)c1cccc(Cl)n1.